The third kappa shape index (κ3) is 5.14. The van der Waals surface area contributed by atoms with Gasteiger partial charge in [0.2, 0.25) is 0 Å². The summed E-state index contributed by atoms with van der Waals surface area (Å²) in [4.78, 5) is 15.2. The van der Waals surface area contributed by atoms with Crippen molar-refractivity contribution in [3.8, 4) is 0 Å². The fraction of sp³-hybridized carbons (Fsp3) is 0.588. The largest absolute Gasteiger partial charge is 0.397 e. The SMILES string of the molecule is Cc1ccc(S[C@@H](O[Si](C)(C)C(C)(C)C)C(=O)N(C)C)cc1. The Kier molecular flexibility index (Phi) is 6.30. The van der Waals surface area contributed by atoms with Gasteiger partial charge in [-0.15, -0.1) is 0 Å². The highest BCUT2D eigenvalue weighted by atomic mass is 32.2. The second-order valence-corrected chi connectivity index (χ2v) is 13.3. The first-order valence-corrected chi connectivity index (χ1v) is 11.3. The van der Waals surface area contributed by atoms with E-state index >= 15 is 0 Å². The molecule has 0 bridgehead atoms. The topological polar surface area (TPSA) is 29.5 Å². The molecule has 0 saturated heterocycles. The van der Waals surface area contributed by atoms with Crippen molar-refractivity contribution in [2.75, 3.05) is 14.1 Å². The van der Waals surface area contributed by atoms with Crippen LogP contribution in [0.5, 0.6) is 0 Å². The highest BCUT2D eigenvalue weighted by Crippen LogP contribution is 2.39. The Labute approximate surface area is 140 Å². The average Bonchev–Trinajstić information content (AvgIpc) is 2.38. The van der Waals surface area contributed by atoms with Crippen molar-refractivity contribution in [2.24, 2.45) is 0 Å². The van der Waals surface area contributed by atoms with Gasteiger partial charge in [-0.05, 0) is 37.2 Å². The highest BCUT2D eigenvalue weighted by molar-refractivity contribution is 8.00. The van der Waals surface area contributed by atoms with Crippen molar-refractivity contribution in [1.82, 2.24) is 4.90 Å². The second kappa shape index (κ2) is 7.19. The number of hydrogen-bond donors (Lipinski definition) is 0. The van der Waals surface area contributed by atoms with Crippen LogP contribution in [0.15, 0.2) is 29.2 Å². The minimum absolute atomic E-state index is 0.00963. The summed E-state index contributed by atoms with van der Waals surface area (Å²) in [5, 5.41) is 0.0751. The molecule has 1 aromatic carbocycles. The van der Waals surface area contributed by atoms with Crippen LogP contribution in [0.25, 0.3) is 0 Å². The zero-order valence-electron chi connectivity index (χ0n) is 15.1. The van der Waals surface area contributed by atoms with Crippen LogP contribution in [0.3, 0.4) is 0 Å². The molecule has 124 valence electrons. The molecule has 5 heteroatoms. The zero-order valence-corrected chi connectivity index (χ0v) is 16.9. The molecule has 0 spiro atoms. The number of aryl methyl sites for hydroxylation is 1. The maximum absolute atomic E-state index is 12.5. The maximum atomic E-state index is 12.5. The van der Waals surface area contributed by atoms with Crippen LogP contribution in [0.2, 0.25) is 18.1 Å². The summed E-state index contributed by atoms with van der Waals surface area (Å²) in [5.74, 6) is 0.00963. The molecule has 0 aliphatic rings. The van der Waals surface area contributed by atoms with Crippen molar-refractivity contribution in [1.29, 1.82) is 0 Å². The van der Waals surface area contributed by atoms with Gasteiger partial charge in [0, 0.05) is 19.0 Å². The molecule has 1 aromatic rings. The van der Waals surface area contributed by atoms with Gasteiger partial charge in [-0.25, -0.2) is 0 Å². The molecule has 1 rings (SSSR count). The number of carbonyl (C=O) groups is 1. The number of nitrogens with zero attached hydrogens (tertiary/aromatic N) is 1. The normalized spacial score (nSPS) is 13.8. The molecule has 22 heavy (non-hydrogen) atoms. The van der Waals surface area contributed by atoms with E-state index in [1.54, 1.807) is 19.0 Å². The second-order valence-electron chi connectivity index (χ2n) is 7.37. The van der Waals surface area contributed by atoms with Crippen molar-refractivity contribution in [3.63, 3.8) is 0 Å². The number of hydrogen-bond acceptors (Lipinski definition) is 3. The van der Waals surface area contributed by atoms with E-state index in [2.05, 4.69) is 52.9 Å². The van der Waals surface area contributed by atoms with Gasteiger partial charge in [-0.3, -0.25) is 4.79 Å². The fourth-order valence-electron chi connectivity index (χ4n) is 1.52. The van der Waals surface area contributed by atoms with Gasteiger partial charge < -0.3 is 9.33 Å². The lowest BCUT2D eigenvalue weighted by Gasteiger charge is -2.39. The Bertz CT molecular complexity index is 506. The van der Waals surface area contributed by atoms with E-state index in [1.165, 1.54) is 17.3 Å². The van der Waals surface area contributed by atoms with Gasteiger partial charge >= 0.3 is 0 Å². The maximum Gasteiger partial charge on any atom is 0.261 e. The van der Waals surface area contributed by atoms with E-state index in [-0.39, 0.29) is 10.9 Å². The minimum Gasteiger partial charge on any atom is -0.397 e. The third-order valence-corrected chi connectivity index (χ3v) is 9.78. The van der Waals surface area contributed by atoms with Gasteiger partial charge in [0.25, 0.3) is 5.91 Å². The Morgan fingerprint density at radius 2 is 1.68 bits per heavy atom. The van der Waals surface area contributed by atoms with Crippen LogP contribution >= 0.6 is 11.8 Å². The quantitative estimate of drug-likeness (QED) is 0.449. The molecular weight excluding hydrogens is 310 g/mol. The summed E-state index contributed by atoms with van der Waals surface area (Å²) in [6.07, 6.45) is 0. The van der Waals surface area contributed by atoms with E-state index in [1.807, 2.05) is 12.1 Å². The van der Waals surface area contributed by atoms with Crippen LogP contribution in [0.1, 0.15) is 26.3 Å². The molecule has 1 atom stereocenters. The molecule has 0 unspecified atom stereocenters. The van der Waals surface area contributed by atoms with Crippen molar-refractivity contribution < 1.29 is 9.22 Å². The lowest BCUT2D eigenvalue weighted by Crippen LogP contribution is -2.47. The van der Waals surface area contributed by atoms with Gasteiger partial charge in [-0.2, -0.15) is 0 Å². The molecule has 3 nitrogen and oxygen atoms in total. The Morgan fingerprint density at radius 3 is 2.09 bits per heavy atom. The Balaban J connectivity index is 2.99. The lowest BCUT2D eigenvalue weighted by molar-refractivity contribution is -0.132. The molecule has 0 heterocycles. The Morgan fingerprint density at radius 1 is 1.18 bits per heavy atom. The number of rotatable bonds is 5. The molecule has 0 N–H and O–H groups in total. The molecule has 0 radical (unpaired) electrons. The van der Waals surface area contributed by atoms with E-state index in [0.717, 1.165) is 4.90 Å². The first-order chi connectivity index (χ1) is 9.94. The molecule has 1 amide bonds. The minimum atomic E-state index is -2.01. The molecule has 0 aliphatic carbocycles. The summed E-state index contributed by atoms with van der Waals surface area (Å²) < 4.78 is 6.37. The van der Waals surface area contributed by atoms with Crippen molar-refractivity contribution in [2.45, 2.75) is 56.2 Å². The van der Waals surface area contributed by atoms with Crippen LogP contribution in [-0.2, 0) is 9.22 Å². The first-order valence-electron chi connectivity index (χ1n) is 7.56. The molecule has 0 saturated carbocycles. The van der Waals surface area contributed by atoms with E-state index in [0.29, 0.717) is 0 Å². The number of amides is 1. The van der Waals surface area contributed by atoms with Gasteiger partial charge in [0.1, 0.15) is 0 Å². The number of benzene rings is 1. The Hall–Kier alpha value is -0.783. The summed E-state index contributed by atoms with van der Waals surface area (Å²) in [6, 6.07) is 8.22. The molecular formula is C17H29NO2SSi. The molecule has 0 aromatic heterocycles. The third-order valence-electron chi connectivity index (χ3n) is 4.11. The van der Waals surface area contributed by atoms with E-state index in [4.69, 9.17) is 4.43 Å². The highest BCUT2D eigenvalue weighted by Gasteiger charge is 2.41. The van der Waals surface area contributed by atoms with Crippen molar-refractivity contribution >= 4 is 26.0 Å². The lowest BCUT2D eigenvalue weighted by atomic mass is 10.2. The van der Waals surface area contributed by atoms with Gasteiger partial charge in [0.05, 0.1) is 0 Å². The van der Waals surface area contributed by atoms with E-state index in [9.17, 15) is 4.79 Å². The summed E-state index contributed by atoms with van der Waals surface area (Å²) in [5.41, 5.74) is 0.726. The molecule has 0 fully saturated rings. The number of thioether (sulfide) groups is 1. The number of carbonyl (C=O) groups excluding carboxylic acids is 1. The monoisotopic (exact) mass is 339 g/mol. The fourth-order valence-corrected chi connectivity index (χ4v) is 4.28. The van der Waals surface area contributed by atoms with Gasteiger partial charge in [0.15, 0.2) is 13.8 Å². The standard InChI is InChI=1S/C17H29NO2SSi/c1-13-9-11-14(12-10-13)21-16(15(19)18(5)6)20-22(7,8)17(2,3)4/h9-12,16H,1-8H3/t16-/m1/s1. The van der Waals surface area contributed by atoms with Crippen LogP contribution in [-0.4, -0.2) is 38.7 Å². The van der Waals surface area contributed by atoms with Crippen molar-refractivity contribution in [3.05, 3.63) is 29.8 Å². The van der Waals surface area contributed by atoms with Crippen LogP contribution < -0.4 is 0 Å². The predicted molar refractivity (Wildman–Crippen MR) is 97.8 cm³/mol. The molecule has 0 aliphatic heterocycles. The zero-order chi connectivity index (χ0) is 17.1. The van der Waals surface area contributed by atoms with Crippen LogP contribution in [0.4, 0.5) is 0 Å². The number of likely N-dealkylation sites (N-methyl/N-ethyl adjacent to an activating group) is 1. The van der Waals surface area contributed by atoms with Crippen LogP contribution in [0, 0.1) is 6.92 Å². The smallest absolute Gasteiger partial charge is 0.261 e. The first kappa shape index (κ1) is 19.3. The van der Waals surface area contributed by atoms with Gasteiger partial charge in [-0.1, -0.05) is 50.2 Å². The summed E-state index contributed by atoms with van der Waals surface area (Å²) >= 11 is 1.50. The average molecular weight is 340 g/mol. The van der Waals surface area contributed by atoms with E-state index < -0.39 is 13.8 Å². The predicted octanol–water partition coefficient (Wildman–Crippen LogP) is 4.52. The summed E-state index contributed by atoms with van der Waals surface area (Å²) in [6.45, 7) is 13.0. The summed E-state index contributed by atoms with van der Waals surface area (Å²) in [7, 11) is 1.55.